The molecule has 0 radical (unpaired) electrons. The summed E-state index contributed by atoms with van der Waals surface area (Å²) in [6, 6.07) is 5.11. The molecule has 0 spiro atoms. The Morgan fingerprint density at radius 2 is 1.66 bits per heavy atom. The van der Waals surface area contributed by atoms with Crippen LogP contribution in [0.25, 0.3) is 5.69 Å². The van der Waals surface area contributed by atoms with Crippen LogP contribution in [-0.2, 0) is 24.6 Å². The monoisotopic (exact) mass is 694 g/mol. The SMILES string of the molecule is Cn1c(COc2cccc(C(F)(F)F)c2)nnc1C1CCC(n2cc(-n3cc(C4CCC(OC(N)=O)CC4)c(C4CCCCC4)n3)cn2)CC1. The fourth-order valence-corrected chi connectivity index (χ4v) is 8.21. The van der Waals surface area contributed by atoms with Gasteiger partial charge in [0.1, 0.15) is 30.0 Å². The molecule has 3 aliphatic carbocycles. The van der Waals surface area contributed by atoms with Crippen LogP contribution in [-0.4, -0.2) is 46.5 Å². The Hall–Kier alpha value is -4.36. The third kappa shape index (κ3) is 7.53. The lowest BCUT2D eigenvalue weighted by atomic mass is 9.78. The number of nitrogens with two attached hydrogens (primary N) is 1. The van der Waals surface area contributed by atoms with Gasteiger partial charge in [-0.2, -0.15) is 23.4 Å². The second kappa shape index (κ2) is 14.5. The van der Waals surface area contributed by atoms with Crippen molar-refractivity contribution in [1.29, 1.82) is 0 Å². The zero-order chi connectivity index (χ0) is 34.8. The maximum Gasteiger partial charge on any atom is 0.416 e. The van der Waals surface area contributed by atoms with Crippen molar-refractivity contribution in [1.82, 2.24) is 34.3 Å². The molecule has 11 nitrogen and oxygen atoms in total. The fraction of sp³-hybridized carbons (Fsp3) is 0.583. The van der Waals surface area contributed by atoms with Crippen molar-refractivity contribution in [2.75, 3.05) is 0 Å². The molecule has 0 aliphatic heterocycles. The van der Waals surface area contributed by atoms with E-state index in [1.165, 1.54) is 55.5 Å². The Kier molecular flexibility index (Phi) is 9.87. The van der Waals surface area contributed by atoms with Crippen molar-refractivity contribution in [3.63, 3.8) is 0 Å². The van der Waals surface area contributed by atoms with E-state index in [9.17, 15) is 18.0 Å². The van der Waals surface area contributed by atoms with Crippen LogP contribution in [0.4, 0.5) is 18.0 Å². The Labute approximate surface area is 289 Å². The van der Waals surface area contributed by atoms with Gasteiger partial charge in [-0.3, -0.25) is 4.68 Å². The summed E-state index contributed by atoms with van der Waals surface area (Å²) in [5, 5.41) is 18.7. The molecule has 3 heterocycles. The van der Waals surface area contributed by atoms with Gasteiger partial charge in [0.25, 0.3) is 0 Å². The number of amides is 1. The zero-order valence-electron chi connectivity index (χ0n) is 28.4. The van der Waals surface area contributed by atoms with Crippen molar-refractivity contribution < 1.29 is 27.4 Å². The zero-order valence-corrected chi connectivity index (χ0v) is 28.4. The van der Waals surface area contributed by atoms with Crippen molar-refractivity contribution in [2.24, 2.45) is 12.8 Å². The second-order valence-electron chi connectivity index (χ2n) is 14.2. The minimum absolute atomic E-state index is 0.0266. The molecule has 268 valence electrons. The van der Waals surface area contributed by atoms with E-state index in [2.05, 4.69) is 27.3 Å². The summed E-state index contributed by atoms with van der Waals surface area (Å²) in [6.45, 7) is 0.0266. The third-order valence-corrected chi connectivity index (χ3v) is 11.0. The van der Waals surface area contributed by atoms with Crippen molar-refractivity contribution >= 4 is 6.09 Å². The minimum atomic E-state index is -4.43. The number of halogens is 3. The van der Waals surface area contributed by atoms with Crippen LogP contribution in [0.15, 0.2) is 42.9 Å². The van der Waals surface area contributed by atoms with Gasteiger partial charge in [0.15, 0.2) is 5.82 Å². The lowest BCUT2D eigenvalue weighted by Crippen LogP contribution is -2.27. The van der Waals surface area contributed by atoms with E-state index >= 15 is 0 Å². The highest BCUT2D eigenvalue weighted by Crippen LogP contribution is 2.42. The average Bonchev–Trinajstić information content (AvgIpc) is 3.87. The van der Waals surface area contributed by atoms with Crippen LogP contribution < -0.4 is 10.5 Å². The molecule has 14 heteroatoms. The fourth-order valence-electron chi connectivity index (χ4n) is 8.21. The Balaban J connectivity index is 0.987. The molecule has 3 saturated carbocycles. The van der Waals surface area contributed by atoms with Gasteiger partial charge in [0, 0.05) is 25.1 Å². The van der Waals surface area contributed by atoms with Crippen LogP contribution in [0.5, 0.6) is 5.75 Å². The number of primary amides is 1. The molecule has 1 amide bonds. The van der Waals surface area contributed by atoms with Gasteiger partial charge in [0.05, 0.1) is 29.7 Å². The number of nitrogens with zero attached hydrogens (tertiary/aromatic N) is 7. The van der Waals surface area contributed by atoms with Crippen molar-refractivity contribution in [3.8, 4) is 11.4 Å². The third-order valence-electron chi connectivity index (χ3n) is 11.0. The maximum absolute atomic E-state index is 13.1. The topological polar surface area (TPSA) is 128 Å². The number of carbonyl (C=O) groups excluding carboxylic acids is 1. The number of alkyl halides is 3. The molecule has 0 bridgehead atoms. The molecule has 0 unspecified atom stereocenters. The molecule has 0 atom stereocenters. The summed E-state index contributed by atoms with van der Waals surface area (Å²) >= 11 is 0. The summed E-state index contributed by atoms with van der Waals surface area (Å²) in [4.78, 5) is 11.3. The maximum atomic E-state index is 13.1. The van der Waals surface area contributed by atoms with Crippen LogP contribution in [0.3, 0.4) is 0 Å². The highest BCUT2D eigenvalue weighted by Gasteiger charge is 2.33. The molecule has 3 fully saturated rings. The lowest BCUT2D eigenvalue weighted by Gasteiger charge is -2.29. The van der Waals surface area contributed by atoms with Gasteiger partial charge in [0.2, 0.25) is 0 Å². The first kappa shape index (κ1) is 34.1. The number of carbonyl (C=O) groups is 1. The predicted octanol–water partition coefficient (Wildman–Crippen LogP) is 7.86. The summed E-state index contributed by atoms with van der Waals surface area (Å²) in [6.07, 6.45) is 14.3. The number of rotatable bonds is 9. The summed E-state index contributed by atoms with van der Waals surface area (Å²) in [7, 11) is 1.88. The molecular weight excluding hydrogens is 649 g/mol. The molecule has 1 aromatic carbocycles. The predicted molar refractivity (Wildman–Crippen MR) is 178 cm³/mol. The van der Waals surface area contributed by atoms with Crippen molar-refractivity contribution in [2.45, 2.75) is 126 Å². The van der Waals surface area contributed by atoms with E-state index in [0.717, 1.165) is 75.0 Å². The highest BCUT2D eigenvalue weighted by atomic mass is 19.4. The summed E-state index contributed by atoms with van der Waals surface area (Å²) in [5.41, 5.74) is 8.03. The van der Waals surface area contributed by atoms with Gasteiger partial charge in [-0.15, -0.1) is 10.2 Å². The highest BCUT2D eigenvalue weighted by molar-refractivity contribution is 5.64. The Morgan fingerprint density at radius 1 is 0.920 bits per heavy atom. The standard InChI is InChI=1S/C36H45F3N8O3/c1-45-32(22-49-30-9-5-8-26(18-30)36(37,38)39)42-43-34(45)25-10-14-27(15-11-25)46-20-28(19-41-46)47-21-31(33(44-47)24-6-3-2-4-7-24)23-12-16-29(17-13-23)50-35(40)48/h5,8-9,18-21,23-25,27,29H,2-4,6-7,10-17,22H2,1H3,(H2,40,48). The molecular formula is C36H45F3N8O3. The van der Waals surface area contributed by atoms with E-state index in [4.69, 9.17) is 25.4 Å². The second-order valence-corrected chi connectivity index (χ2v) is 14.2. The first-order valence-electron chi connectivity index (χ1n) is 17.9. The number of benzene rings is 1. The Morgan fingerprint density at radius 3 is 2.38 bits per heavy atom. The van der Waals surface area contributed by atoms with E-state index in [1.54, 1.807) is 0 Å². The number of hydrogen-bond donors (Lipinski definition) is 1. The molecule has 50 heavy (non-hydrogen) atoms. The van der Waals surface area contributed by atoms with Gasteiger partial charge in [-0.05, 0) is 93.9 Å². The normalized spacial score (nSPS) is 23.5. The minimum Gasteiger partial charge on any atom is -0.486 e. The first-order chi connectivity index (χ1) is 24.1. The van der Waals surface area contributed by atoms with E-state index in [-0.39, 0.29) is 30.4 Å². The Bertz CT molecular complexity index is 1760. The van der Waals surface area contributed by atoms with Gasteiger partial charge < -0.3 is 19.8 Å². The van der Waals surface area contributed by atoms with Crippen LogP contribution in [0, 0.1) is 0 Å². The average molecular weight is 695 g/mol. The molecule has 7 rings (SSSR count). The van der Waals surface area contributed by atoms with Gasteiger partial charge in [-0.25, -0.2) is 9.48 Å². The molecule has 3 aromatic heterocycles. The largest absolute Gasteiger partial charge is 0.486 e. The number of aromatic nitrogens is 7. The van der Waals surface area contributed by atoms with Crippen LogP contribution >= 0.6 is 0 Å². The van der Waals surface area contributed by atoms with E-state index in [1.807, 2.05) is 22.5 Å². The molecule has 3 aliphatic rings. The molecule has 4 aromatic rings. The molecule has 2 N–H and O–H groups in total. The smallest absolute Gasteiger partial charge is 0.416 e. The first-order valence-corrected chi connectivity index (χ1v) is 17.9. The van der Waals surface area contributed by atoms with Crippen molar-refractivity contribution in [3.05, 3.63) is 71.3 Å². The quantitative estimate of drug-likeness (QED) is 0.189. The number of ether oxygens (including phenoxy) is 2. The van der Waals surface area contributed by atoms with Gasteiger partial charge in [-0.1, -0.05) is 25.3 Å². The lowest BCUT2D eigenvalue weighted by molar-refractivity contribution is -0.137. The van der Waals surface area contributed by atoms with Gasteiger partial charge >= 0.3 is 12.3 Å². The summed E-state index contributed by atoms with van der Waals surface area (Å²) in [5.74, 6) is 2.64. The molecule has 0 saturated heterocycles. The van der Waals surface area contributed by atoms with Crippen LogP contribution in [0.2, 0.25) is 0 Å². The number of hydrogen-bond acceptors (Lipinski definition) is 7. The van der Waals surface area contributed by atoms with E-state index < -0.39 is 17.8 Å². The van der Waals surface area contributed by atoms with Crippen LogP contribution in [0.1, 0.15) is 136 Å². The van der Waals surface area contributed by atoms with E-state index in [0.29, 0.717) is 17.7 Å². The summed E-state index contributed by atoms with van der Waals surface area (Å²) < 4.78 is 56.2.